The van der Waals surface area contributed by atoms with Gasteiger partial charge in [0.25, 0.3) is 5.56 Å². The van der Waals surface area contributed by atoms with Gasteiger partial charge in [0.2, 0.25) is 0 Å². The zero-order chi connectivity index (χ0) is 25.2. The van der Waals surface area contributed by atoms with Crippen LogP contribution in [0.2, 0.25) is 0 Å². The van der Waals surface area contributed by atoms with Gasteiger partial charge in [-0.15, -0.1) is 5.10 Å². The molecule has 1 unspecified atom stereocenters. The molecule has 2 saturated carbocycles. The number of piperidine rings is 1. The number of ether oxygens (including phenoxy) is 1. The third-order valence-corrected chi connectivity index (χ3v) is 9.10. The van der Waals surface area contributed by atoms with Crippen molar-refractivity contribution in [2.24, 2.45) is 5.41 Å². The van der Waals surface area contributed by atoms with E-state index in [0.29, 0.717) is 18.1 Å². The number of tetrazole rings is 1. The molecule has 3 fully saturated rings. The lowest BCUT2D eigenvalue weighted by Crippen LogP contribution is -2.47. The molecule has 198 valence electrons. The van der Waals surface area contributed by atoms with Gasteiger partial charge in [-0.1, -0.05) is 38.5 Å². The highest BCUT2D eigenvalue weighted by atomic mass is 16.5. The van der Waals surface area contributed by atoms with Gasteiger partial charge in [0.05, 0.1) is 12.6 Å². The Hall–Kier alpha value is -2.74. The van der Waals surface area contributed by atoms with Gasteiger partial charge < -0.3 is 9.72 Å². The first kappa shape index (κ1) is 24.6. The predicted molar refractivity (Wildman–Crippen MR) is 144 cm³/mol. The van der Waals surface area contributed by atoms with Crippen LogP contribution in [0.4, 0.5) is 0 Å². The minimum absolute atomic E-state index is 0.0527. The molecule has 8 heteroatoms. The van der Waals surface area contributed by atoms with E-state index in [1.54, 1.807) is 0 Å². The first-order valence-electron chi connectivity index (χ1n) is 14.5. The zero-order valence-electron chi connectivity index (χ0n) is 22.1. The molecular formula is C29H40N6O2. The first-order valence-corrected chi connectivity index (χ1v) is 14.5. The van der Waals surface area contributed by atoms with Crippen molar-refractivity contribution in [3.05, 3.63) is 46.0 Å². The lowest BCUT2D eigenvalue weighted by atomic mass is 9.69. The van der Waals surface area contributed by atoms with Crippen LogP contribution in [0.25, 0.3) is 10.9 Å². The molecule has 1 saturated heterocycles. The molecule has 6 rings (SSSR count). The van der Waals surface area contributed by atoms with Crippen molar-refractivity contribution in [1.82, 2.24) is 30.1 Å². The molecule has 2 aromatic heterocycles. The number of hydrogen-bond acceptors (Lipinski definition) is 6. The molecule has 2 aliphatic carbocycles. The number of fused-ring (bicyclic) bond motifs is 1. The van der Waals surface area contributed by atoms with Crippen LogP contribution in [0.1, 0.15) is 107 Å². The Morgan fingerprint density at radius 2 is 1.84 bits per heavy atom. The molecule has 0 bridgehead atoms. The molecular weight excluding hydrogens is 464 g/mol. The standard InChI is InChI=1S/C29H40N6O2/c1-2-37-23-12-13-25-21(18-23)19-24(28(36)30-25)26(27-31-32-33-35(27)22-10-5-3-6-11-22)34-17-9-16-29(20-34)14-7-4-8-15-29/h12-13,18-19,22,26H,2-11,14-17,20H2,1H3,(H,30,36). The van der Waals surface area contributed by atoms with E-state index >= 15 is 0 Å². The van der Waals surface area contributed by atoms with Crippen molar-refractivity contribution in [2.75, 3.05) is 19.7 Å². The van der Waals surface area contributed by atoms with Gasteiger partial charge in [-0.2, -0.15) is 0 Å². The summed E-state index contributed by atoms with van der Waals surface area (Å²) in [5.41, 5.74) is 1.86. The van der Waals surface area contributed by atoms with Crippen molar-refractivity contribution in [3.63, 3.8) is 0 Å². The first-order chi connectivity index (χ1) is 18.2. The molecule has 3 heterocycles. The van der Waals surface area contributed by atoms with Gasteiger partial charge in [0, 0.05) is 23.0 Å². The number of aromatic amines is 1. The van der Waals surface area contributed by atoms with E-state index < -0.39 is 0 Å². The quantitative estimate of drug-likeness (QED) is 0.473. The van der Waals surface area contributed by atoms with Crippen molar-refractivity contribution in [2.45, 2.75) is 96.1 Å². The van der Waals surface area contributed by atoms with Gasteiger partial charge in [0.1, 0.15) is 11.8 Å². The minimum atomic E-state index is -0.264. The van der Waals surface area contributed by atoms with Crippen molar-refractivity contribution in [1.29, 1.82) is 0 Å². The maximum Gasteiger partial charge on any atom is 0.253 e. The highest BCUT2D eigenvalue weighted by Gasteiger charge is 2.41. The summed E-state index contributed by atoms with van der Waals surface area (Å²) >= 11 is 0. The summed E-state index contributed by atoms with van der Waals surface area (Å²) in [4.78, 5) is 19.4. The Balaban J connectivity index is 1.45. The Kier molecular flexibility index (Phi) is 7.02. The van der Waals surface area contributed by atoms with E-state index in [9.17, 15) is 4.79 Å². The number of likely N-dealkylation sites (tertiary alicyclic amines) is 1. The fourth-order valence-electron chi connectivity index (χ4n) is 7.30. The van der Waals surface area contributed by atoms with Crippen LogP contribution < -0.4 is 10.3 Å². The van der Waals surface area contributed by atoms with E-state index in [4.69, 9.17) is 4.74 Å². The van der Waals surface area contributed by atoms with E-state index in [0.717, 1.165) is 60.4 Å². The molecule has 0 amide bonds. The van der Waals surface area contributed by atoms with Crippen LogP contribution in [-0.2, 0) is 0 Å². The average Bonchev–Trinajstić information content (AvgIpc) is 3.40. The summed E-state index contributed by atoms with van der Waals surface area (Å²) in [7, 11) is 0. The molecule has 37 heavy (non-hydrogen) atoms. The lowest BCUT2D eigenvalue weighted by molar-refractivity contribution is 0.0332. The monoisotopic (exact) mass is 504 g/mol. The number of aromatic nitrogens is 5. The molecule has 1 aromatic carbocycles. The second kappa shape index (κ2) is 10.6. The Morgan fingerprint density at radius 3 is 2.65 bits per heavy atom. The maximum absolute atomic E-state index is 13.7. The fourth-order valence-corrected chi connectivity index (χ4v) is 7.30. The highest BCUT2D eigenvalue weighted by Crippen LogP contribution is 2.46. The van der Waals surface area contributed by atoms with Crippen LogP contribution in [0.3, 0.4) is 0 Å². The van der Waals surface area contributed by atoms with Crippen LogP contribution in [0.15, 0.2) is 29.1 Å². The number of rotatable bonds is 6. The number of nitrogens with zero attached hydrogens (tertiary/aromatic N) is 5. The number of pyridine rings is 1. The summed E-state index contributed by atoms with van der Waals surface area (Å²) in [5, 5.41) is 14.3. The molecule has 1 aliphatic heterocycles. The zero-order valence-corrected chi connectivity index (χ0v) is 22.1. The third-order valence-electron chi connectivity index (χ3n) is 9.10. The summed E-state index contributed by atoms with van der Waals surface area (Å²) in [6.45, 7) is 4.56. The van der Waals surface area contributed by atoms with E-state index in [1.165, 1.54) is 57.8 Å². The van der Waals surface area contributed by atoms with E-state index in [1.807, 2.05) is 25.1 Å². The van der Waals surface area contributed by atoms with Crippen molar-refractivity contribution >= 4 is 10.9 Å². The minimum Gasteiger partial charge on any atom is -0.494 e. The molecule has 3 aromatic rings. The number of nitrogens with one attached hydrogen (secondary N) is 1. The molecule has 1 atom stereocenters. The van der Waals surface area contributed by atoms with E-state index in [2.05, 4.69) is 36.2 Å². The van der Waals surface area contributed by atoms with Crippen molar-refractivity contribution < 1.29 is 4.74 Å². The Bertz CT molecular complexity index is 1270. The predicted octanol–water partition coefficient (Wildman–Crippen LogP) is 5.55. The second-order valence-corrected chi connectivity index (χ2v) is 11.5. The molecule has 1 spiro atoms. The normalized spacial score (nSPS) is 21.9. The topological polar surface area (TPSA) is 88.9 Å². The number of H-pyrrole nitrogens is 1. The van der Waals surface area contributed by atoms with Gasteiger partial charge >= 0.3 is 0 Å². The Morgan fingerprint density at radius 1 is 1.05 bits per heavy atom. The lowest BCUT2D eigenvalue weighted by Gasteiger charge is -2.47. The summed E-state index contributed by atoms with van der Waals surface area (Å²) < 4.78 is 7.83. The number of benzene rings is 1. The van der Waals surface area contributed by atoms with Gasteiger partial charge in [-0.05, 0) is 92.1 Å². The van der Waals surface area contributed by atoms with E-state index in [-0.39, 0.29) is 11.6 Å². The van der Waals surface area contributed by atoms with Crippen LogP contribution in [0, 0.1) is 5.41 Å². The fraction of sp³-hybridized carbons (Fsp3) is 0.655. The molecule has 1 N–H and O–H groups in total. The highest BCUT2D eigenvalue weighted by molar-refractivity contribution is 5.80. The largest absolute Gasteiger partial charge is 0.494 e. The molecule has 3 aliphatic rings. The van der Waals surface area contributed by atoms with Crippen LogP contribution in [-0.4, -0.2) is 49.8 Å². The molecule has 0 radical (unpaired) electrons. The average molecular weight is 505 g/mol. The van der Waals surface area contributed by atoms with Gasteiger partial charge in [0.15, 0.2) is 5.82 Å². The smallest absolute Gasteiger partial charge is 0.253 e. The molecule has 8 nitrogen and oxygen atoms in total. The van der Waals surface area contributed by atoms with Crippen LogP contribution in [0.5, 0.6) is 5.75 Å². The SMILES string of the molecule is CCOc1ccc2[nH]c(=O)c(C(c3nnnn3C3CCCCC3)N3CCCC4(CCCCC4)C3)cc2c1. The summed E-state index contributed by atoms with van der Waals surface area (Å²) in [5.74, 6) is 1.64. The second-order valence-electron chi connectivity index (χ2n) is 11.5. The summed E-state index contributed by atoms with van der Waals surface area (Å²) in [6, 6.07) is 7.98. The summed E-state index contributed by atoms with van der Waals surface area (Å²) in [6.07, 6.45) is 14.9. The van der Waals surface area contributed by atoms with Crippen molar-refractivity contribution in [3.8, 4) is 5.75 Å². The Labute approximate surface area is 218 Å². The maximum atomic E-state index is 13.7. The van der Waals surface area contributed by atoms with Gasteiger partial charge in [-0.3, -0.25) is 9.69 Å². The third kappa shape index (κ3) is 4.92. The van der Waals surface area contributed by atoms with Crippen LogP contribution >= 0.6 is 0 Å². The van der Waals surface area contributed by atoms with Gasteiger partial charge in [-0.25, -0.2) is 4.68 Å². The number of hydrogen-bond donors (Lipinski definition) is 1.